The highest BCUT2D eigenvalue weighted by Crippen LogP contribution is 2.22. The van der Waals surface area contributed by atoms with Gasteiger partial charge in [-0.15, -0.1) is 0 Å². The number of benzene rings is 1. The molecule has 0 spiro atoms. The first-order valence-corrected chi connectivity index (χ1v) is 7.64. The number of alkyl halides is 3. The van der Waals surface area contributed by atoms with Crippen LogP contribution in [0.4, 0.5) is 18.9 Å². The Morgan fingerprint density at radius 2 is 1.81 bits per heavy atom. The topological polar surface area (TPSA) is 66.4 Å². The van der Waals surface area contributed by atoms with Crippen LogP contribution in [0.5, 0.6) is 0 Å². The molecule has 0 heterocycles. The summed E-state index contributed by atoms with van der Waals surface area (Å²) in [5, 5.41) is 8.53. The molecule has 0 unspecified atom stereocenters. The van der Waals surface area contributed by atoms with Crippen LogP contribution >= 0.6 is 0 Å². The number of aliphatic hydroxyl groups is 1. The van der Waals surface area contributed by atoms with Gasteiger partial charge in [-0.25, -0.2) is 8.42 Å². The molecule has 0 aliphatic carbocycles. The molecule has 21 heavy (non-hydrogen) atoms. The highest BCUT2D eigenvalue weighted by atomic mass is 32.2. The Labute approximate surface area is 121 Å². The summed E-state index contributed by atoms with van der Waals surface area (Å²) < 4.78 is 61.3. The van der Waals surface area contributed by atoms with Crippen LogP contribution in [0.2, 0.25) is 0 Å². The van der Waals surface area contributed by atoms with Gasteiger partial charge in [-0.2, -0.15) is 13.2 Å². The molecule has 0 fully saturated rings. The average molecular weight is 321 g/mol. The van der Waals surface area contributed by atoms with E-state index in [-0.39, 0.29) is 12.3 Å². The van der Waals surface area contributed by atoms with Crippen LogP contribution in [0.1, 0.15) is 18.4 Å². The van der Waals surface area contributed by atoms with Crippen molar-refractivity contribution in [2.75, 3.05) is 17.1 Å². The van der Waals surface area contributed by atoms with Crippen LogP contribution in [0.25, 0.3) is 0 Å². The number of rotatable bonds is 5. The summed E-state index contributed by atoms with van der Waals surface area (Å²) in [6.45, 7) is -0.284. The lowest BCUT2D eigenvalue weighted by Gasteiger charge is -2.09. The normalized spacial score (nSPS) is 11.6. The molecule has 0 atom stereocenters. The van der Waals surface area contributed by atoms with Gasteiger partial charge in [0.25, 0.3) is 0 Å². The summed E-state index contributed by atoms with van der Waals surface area (Å²) in [6.07, 6.45) is -5.98. The standard InChI is InChI=1S/C13H14F3NO3S/c14-13(15,16)8-2-10-21(19,20)17-12-6-4-11(5-7-12)3-1-9-18/h4-7,17-18H,2,8-10H2. The number of hydrogen-bond donors (Lipinski definition) is 2. The first-order valence-electron chi connectivity index (χ1n) is 5.99. The predicted molar refractivity (Wildman–Crippen MR) is 73.1 cm³/mol. The summed E-state index contributed by atoms with van der Waals surface area (Å²) in [4.78, 5) is 0. The molecule has 0 saturated carbocycles. The third-order valence-electron chi connectivity index (χ3n) is 2.34. The van der Waals surface area contributed by atoms with Crippen molar-refractivity contribution in [3.05, 3.63) is 29.8 Å². The lowest BCUT2D eigenvalue weighted by Crippen LogP contribution is -2.18. The van der Waals surface area contributed by atoms with Gasteiger partial charge >= 0.3 is 6.18 Å². The average Bonchev–Trinajstić information content (AvgIpc) is 2.35. The minimum absolute atomic E-state index is 0.247. The third kappa shape index (κ3) is 7.58. The zero-order valence-electron chi connectivity index (χ0n) is 10.9. The van der Waals surface area contributed by atoms with E-state index >= 15 is 0 Å². The largest absolute Gasteiger partial charge is 0.389 e. The van der Waals surface area contributed by atoms with Gasteiger partial charge in [0, 0.05) is 17.7 Å². The smallest absolute Gasteiger partial charge is 0.384 e. The van der Waals surface area contributed by atoms with E-state index < -0.39 is 34.8 Å². The number of hydrogen-bond acceptors (Lipinski definition) is 3. The number of aliphatic hydroxyl groups excluding tert-OH is 1. The Bertz CT molecular complexity index is 613. The maximum absolute atomic E-state index is 12.0. The molecule has 116 valence electrons. The molecule has 0 bridgehead atoms. The second-order valence-electron chi connectivity index (χ2n) is 4.18. The molecule has 0 aromatic heterocycles. The van der Waals surface area contributed by atoms with Crippen LogP contribution in [0.15, 0.2) is 24.3 Å². The summed E-state index contributed by atoms with van der Waals surface area (Å²) in [5.74, 6) is 4.47. The van der Waals surface area contributed by atoms with E-state index in [1.165, 1.54) is 24.3 Å². The van der Waals surface area contributed by atoms with E-state index in [9.17, 15) is 21.6 Å². The monoisotopic (exact) mass is 321 g/mol. The Morgan fingerprint density at radius 3 is 2.33 bits per heavy atom. The first-order chi connectivity index (χ1) is 9.72. The number of halogens is 3. The Balaban J connectivity index is 2.59. The van der Waals surface area contributed by atoms with E-state index in [2.05, 4.69) is 16.6 Å². The summed E-state index contributed by atoms with van der Waals surface area (Å²) in [6, 6.07) is 5.97. The van der Waals surface area contributed by atoms with Crippen molar-refractivity contribution in [3.63, 3.8) is 0 Å². The van der Waals surface area contributed by atoms with Crippen LogP contribution in [0.3, 0.4) is 0 Å². The van der Waals surface area contributed by atoms with E-state index in [1.54, 1.807) is 0 Å². The maximum Gasteiger partial charge on any atom is 0.389 e. The van der Waals surface area contributed by atoms with E-state index in [0.717, 1.165) is 0 Å². The Morgan fingerprint density at radius 1 is 1.19 bits per heavy atom. The van der Waals surface area contributed by atoms with Crippen molar-refractivity contribution in [1.82, 2.24) is 0 Å². The van der Waals surface area contributed by atoms with Gasteiger partial charge in [0.05, 0.1) is 5.75 Å². The summed E-state index contributed by atoms with van der Waals surface area (Å²) >= 11 is 0. The van der Waals surface area contributed by atoms with Crippen LogP contribution in [-0.4, -0.2) is 32.1 Å². The van der Waals surface area contributed by atoms with Gasteiger partial charge < -0.3 is 5.11 Å². The SMILES string of the molecule is O=S(=O)(CCCC(F)(F)F)Nc1ccc(C#CCO)cc1. The molecule has 4 nitrogen and oxygen atoms in total. The van der Waals surface area contributed by atoms with E-state index in [4.69, 9.17) is 5.11 Å². The minimum Gasteiger partial charge on any atom is -0.384 e. The molecule has 0 aliphatic rings. The molecule has 1 rings (SSSR count). The number of nitrogens with one attached hydrogen (secondary N) is 1. The van der Waals surface area contributed by atoms with Gasteiger partial charge in [-0.1, -0.05) is 11.8 Å². The Hall–Kier alpha value is -1.72. The molecule has 8 heteroatoms. The number of sulfonamides is 1. The van der Waals surface area contributed by atoms with Crippen LogP contribution < -0.4 is 4.72 Å². The Kier molecular flexibility index (Phi) is 6.05. The highest BCUT2D eigenvalue weighted by Gasteiger charge is 2.27. The highest BCUT2D eigenvalue weighted by molar-refractivity contribution is 7.92. The molecule has 0 radical (unpaired) electrons. The fourth-order valence-electron chi connectivity index (χ4n) is 1.46. The predicted octanol–water partition coefficient (Wildman–Crippen LogP) is 2.11. The molecule has 0 amide bonds. The third-order valence-corrected chi connectivity index (χ3v) is 3.72. The minimum atomic E-state index is -4.36. The zero-order chi connectivity index (χ0) is 15.9. The molecule has 1 aromatic rings. The van der Waals surface area contributed by atoms with Gasteiger partial charge in [0.1, 0.15) is 6.61 Å². The lowest BCUT2D eigenvalue weighted by molar-refractivity contribution is -0.134. The molecule has 0 saturated heterocycles. The maximum atomic E-state index is 12.0. The number of anilines is 1. The summed E-state index contributed by atoms with van der Waals surface area (Å²) in [5.41, 5.74) is 0.834. The van der Waals surface area contributed by atoms with Gasteiger partial charge in [-0.3, -0.25) is 4.72 Å². The van der Waals surface area contributed by atoms with Gasteiger partial charge in [0.15, 0.2) is 0 Å². The molecular weight excluding hydrogens is 307 g/mol. The van der Waals surface area contributed by atoms with Crippen molar-refractivity contribution < 1.29 is 26.7 Å². The molecule has 0 aliphatic heterocycles. The van der Waals surface area contributed by atoms with E-state index in [0.29, 0.717) is 5.56 Å². The lowest BCUT2D eigenvalue weighted by atomic mass is 10.2. The zero-order valence-corrected chi connectivity index (χ0v) is 11.8. The van der Waals surface area contributed by atoms with Gasteiger partial charge in [-0.05, 0) is 30.7 Å². The molecule has 1 aromatic carbocycles. The molecular formula is C13H14F3NO3S. The van der Waals surface area contributed by atoms with Crippen molar-refractivity contribution >= 4 is 15.7 Å². The van der Waals surface area contributed by atoms with Crippen molar-refractivity contribution in [3.8, 4) is 11.8 Å². The quantitative estimate of drug-likeness (QED) is 0.816. The second kappa shape index (κ2) is 7.33. The van der Waals surface area contributed by atoms with Crippen LogP contribution in [-0.2, 0) is 10.0 Å². The van der Waals surface area contributed by atoms with Crippen molar-refractivity contribution in [1.29, 1.82) is 0 Å². The van der Waals surface area contributed by atoms with Crippen molar-refractivity contribution in [2.24, 2.45) is 0 Å². The second-order valence-corrected chi connectivity index (χ2v) is 6.02. The van der Waals surface area contributed by atoms with E-state index in [1.807, 2.05) is 0 Å². The van der Waals surface area contributed by atoms with Crippen molar-refractivity contribution in [2.45, 2.75) is 19.0 Å². The molecule has 2 N–H and O–H groups in total. The fourth-order valence-corrected chi connectivity index (χ4v) is 2.58. The first kappa shape index (κ1) is 17.3. The van der Waals surface area contributed by atoms with Crippen LogP contribution in [0, 0.1) is 11.8 Å². The fraction of sp³-hybridized carbons (Fsp3) is 0.385. The van der Waals surface area contributed by atoms with Gasteiger partial charge in [0.2, 0.25) is 10.0 Å². The summed E-state index contributed by atoms with van der Waals surface area (Å²) in [7, 11) is -3.81.